The topological polar surface area (TPSA) is 259 Å². The van der Waals surface area contributed by atoms with Crippen LogP contribution in [0.3, 0.4) is 0 Å². The molecular formula is C35H44ClN8O10S2+. The van der Waals surface area contributed by atoms with E-state index >= 15 is 0 Å². The second kappa shape index (κ2) is 15.8. The number of carboxylic acids is 1. The number of phenols is 2. The van der Waals surface area contributed by atoms with Crippen molar-refractivity contribution in [2.24, 2.45) is 15.6 Å². The third-order valence-electron chi connectivity index (χ3n) is 11.1. The van der Waals surface area contributed by atoms with E-state index in [0.29, 0.717) is 18.8 Å². The van der Waals surface area contributed by atoms with Gasteiger partial charge in [0.05, 0.1) is 30.4 Å². The van der Waals surface area contributed by atoms with Crippen molar-refractivity contribution in [1.82, 2.24) is 20.5 Å². The SMILES string of the molecule is CN=C(C(=O)NCC12CC[N+](CC3=C(COO)N4C(=O)[C@@H](NC(=O)/C(=N\OC(C)(C)C(=O)O)c5csc(N)n5)[C@H]4S[C@H]3C)(CC1)CC2)c1cc(O)c(O)c(Cl)c1. The number of aliphatic imine (C=N–C) groups is 1. The minimum Gasteiger partial charge on any atom is -0.504 e. The van der Waals surface area contributed by atoms with Crippen molar-refractivity contribution in [2.75, 3.05) is 52.1 Å². The Balaban J connectivity index is 1.12. The summed E-state index contributed by atoms with van der Waals surface area (Å²) in [6.45, 7) is 7.89. The van der Waals surface area contributed by atoms with Crippen LogP contribution in [0.1, 0.15) is 51.3 Å². The number of aliphatic carboxylic acids is 1. The second-order valence-electron chi connectivity index (χ2n) is 15.0. The van der Waals surface area contributed by atoms with E-state index in [1.165, 1.54) is 50.2 Å². The molecule has 56 heavy (non-hydrogen) atoms. The van der Waals surface area contributed by atoms with Crippen molar-refractivity contribution < 1.29 is 54.0 Å². The molecule has 7 rings (SSSR count). The van der Waals surface area contributed by atoms with Gasteiger partial charge in [-0.15, -0.1) is 23.1 Å². The Hall–Kier alpha value is -4.47. The quantitative estimate of drug-likeness (QED) is 0.0360. The number of fused-ring (bicyclic) bond motifs is 4. The zero-order chi connectivity index (χ0) is 40.7. The van der Waals surface area contributed by atoms with E-state index in [-0.39, 0.29) is 50.1 Å². The number of quaternary nitrogens is 1. The van der Waals surface area contributed by atoms with Crippen LogP contribution < -0.4 is 16.4 Å². The first-order chi connectivity index (χ1) is 26.4. The van der Waals surface area contributed by atoms with Gasteiger partial charge in [-0.3, -0.25) is 29.5 Å². The number of benzene rings is 1. The number of phenolic OH excluding ortho intramolecular Hbond substituents is 2. The molecule has 0 spiro atoms. The summed E-state index contributed by atoms with van der Waals surface area (Å²) < 4.78 is 0.772. The number of hydrogen-bond acceptors (Lipinski definition) is 15. The van der Waals surface area contributed by atoms with Gasteiger partial charge in [-0.05, 0) is 32.9 Å². The Morgan fingerprint density at radius 3 is 2.41 bits per heavy atom. The number of nitrogens with one attached hydrogen (secondary N) is 2. The van der Waals surface area contributed by atoms with Crippen LogP contribution in [0.5, 0.6) is 11.5 Å². The standard InChI is InChI=1S/C35H43ClN8O10S2/c1-17-19(13-44-8-5-35(6-9-44,7-10-44)16-39-28(47)24(38-4)18-11-20(36)27(46)23(45)12-18)22(14-53-52)43-30(49)26(31(43)56-17)41-29(48)25(21-15-55-33(37)40-21)42-54-34(2,3)32(50)51/h11-12,15,17,26,31H,5-10,13-14,16H2,1-4H3,(H7-,37,39,40,41,45,46,47,48,50,51,52)/p+1/b38-24?,42-25-/t17-,26+,31+,35?,44?/m0/s1. The van der Waals surface area contributed by atoms with Gasteiger partial charge in [-0.2, -0.15) is 0 Å². The number of nitrogens with two attached hydrogens (primary N) is 1. The first-order valence-corrected chi connectivity index (χ1v) is 19.9. The lowest BCUT2D eigenvalue weighted by Crippen LogP contribution is -2.72. The highest BCUT2D eigenvalue weighted by Crippen LogP contribution is 2.48. The summed E-state index contributed by atoms with van der Waals surface area (Å²) in [6, 6.07) is 1.65. The monoisotopic (exact) mass is 835 g/mol. The second-order valence-corrected chi connectivity index (χ2v) is 17.8. The highest BCUT2D eigenvalue weighted by atomic mass is 35.5. The number of β-lactam (4-membered cyclic amide) rings is 1. The Kier molecular flexibility index (Phi) is 11.6. The van der Waals surface area contributed by atoms with E-state index in [9.17, 15) is 39.8 Å². The fourth-order valence-corrected chi connectivity index (χ4v) is 9.84. The van der Waals surface area contributed by atoms with E-state index in [4.69, 9.17) is 22.2 Å². The number of thioether (sulfide) groups is 1. The van der Waals surface area contributed by atoms with Gasteiger partial charge in [0.2, 0.25) is 5.60 Å². The molecule has 3 amide bonds. The van der Waals surface area contributed by atoms with Crippen LogP contribution in [0.15, 0.2) is 38.9 Å². The van der Waals surface area contributed by atoms with Gasteiger partial charge in [-0.25, -0.2) is 14.7 Å². The molecule has 6 heterocycles. The smallest absolute Gasteiger partial charge is 0.350 e. The summed E-state index contributed by atoms with van der Waals surface area (Å²) in [5, 5.41) is 49.4. The number of amides is 3. The van der Waals surface area contributed by atoms with Crippen molar-refractivity contribution in [3.05, 3.63) is 45.1 Å². The summed E-state index contributed by atoms with van der Waals surface area (Å²) in [4.78, 5) is 71.7. The highest BCUT2D eigenvalue weighted by molar-refractivity contribution is 8.00. The molecule has 2 aromatic rings. The summed E-state index contributed by atoms with van der Waals surface area (Å²) >= 11 is 8.56. The molecule has 0 aliphatic carbocycles. The number of carbonyl (C=O) groups is 4. The largest absolute Gasteiger partial charge is 0.504 e. The number of aromatic nitrogens is 1. The average Bonchev–Trinajstić information content (AvgIpc) is 3.59. The molecular weight excluding hydrogens is 792 g/mol. The molecule has 18 nitrogen and oxygen atoms in total. The fraction of sp³-hybridized carbons (Fsp3) is 0.514. The molecule has 0 unspecified atom stereocenters. The third-order valence-corrected chi connectivity index (χ3v) is 13.5. The van der Waals surface area contributed by atoms with Crippen molar-refractivity contribution in [3.8, 4) is 11.5 Å². The van der Waals surface area contributed by atoms with Crippen LogP contribution in [0, 0.1) is 5.41 Å². The van der Waals surface area contributed by atoms with Gasteiger partial charge in [0.1, 0.15) is 36.0 Å². The van der Waals surface area contributed by atoms with Crippen LogP contribution in [-0.2, 0) is 28.9 Å². The number of nitrogens with zero attached hydrogens (tertiary/aromatic N) is 5. The minimum absolute atomic E-state index is 0.0552. The van der Waals surface area contributed by atoms with Gasteiger partial charge < -0.3 is 41.0 Å². The van der Waals surface area contributed by atoms with Crippen molar-refractivity contribution in [2.45, 2.75) is 62.3 Å². The maximum Gasteiger partial charge on any atom is 0.350 e. The van der Waals surface area contributed by atoms with E-state index in [1.807, 2.05) is 6.92 Å². The lowest BCUT2D eigenvalue weighted by molar-refractivity contribution is -0.941. The summed E-state index contributed by atoms with van der Waals surface area (Å²) in [7, 11) is 1.47. The van der Waals surface area contributed by atoms with Gasteiger partial charge in [-0.1, -0.05) is 16.8 Å². The molecule has 0 radical (unpaired) electrons. The van der Waals surface area contributed by atoms with Crippen molar-refractivity contribution in [3.63, 3.8) is 0 Å². The predicted molar refractivity (Wildman–Crippen MR) is 207 cm³/mol. The van der Waals surface area contributed by atoms with E-state index in [2.05, 4.69) is 30.7 Å². The summed E-state index contributed by atoms with van der Waals surface area (Å²) in [5.74, 6) is -3.87. The molecule has 1 aromatic heterocycles. The number of carbonyl (C=O) groups excluding carboxylic acids is 3. The number of carboxylic acid groups (broad SMARTS) is 1. The molecule has 2 bridgehead atoms. The molecule has 0 saturated carbocycles. The maximum absolute atomic E-state index is 13.7. The third kappa shape index (κ3) is 7.90. The number of anilines is 1. The molecule has 21 heteroatoms. The number of halogens is 1. The highest BCUT2D eigenvalue weighted by Gasteiger charge is 2.56. The molecule has 4 saturated heterocycles. The Labute approximate surface area is 334 Å². The molecule has 302 valence electrons. The number of rotatable bonds is 14. The maximum atomic E-state index is 13.7. The van der Waals surface area contributed by atoms with Gasteiger partial charge >= 0.3 is 5.97 Å². The summed E-state index contributed by atoms with van der Waals surface area (Å²) in [6.07, 6.45) is 2.54. The molecule has 4 fully saturated rings. The van der Waals surface area contributed by atoms with Crippen molar-refractivity contribution in [1.29, 1.82) is 0 Å². The van der Waals surface area contributed by atoms with Crippen LogP contribution >= 0.6 is 34.7 Å². The molecule has 3 atom stereocenters. The number of nitrogen functional groups attached to an aromatic ring is 1. The molecule has 8 N–H and O–H groups in total. The predicted octanol–water partition coefficient (Wildman–Crippen LogP) is 2.14. The summed E-state index contributed by atoms with van der Waals surface area (Å²) in [5.41, 5.74) is 5.48. The Morgan fingerprint density at radius 2 is 1.84 bits per heavy atom. The normalized spacial score (nSPS) is 26.4. The molecule has 1 aromatic carbocycles. The average molecular weight is 836 g/mol. The number of oxime groups is 1. The zero-order valence-electron chi connectivity index (χ0n) is 31.1. The van der Waals surface area contributed by atoms with E-state index in [0.717, 1.165) is 60.3 Å². The number of piperidine rings is 3. The molecule has 5 aliphatic rings. The van der Waals surface area contributed by atoms with Crippen LogP contribution in [0.2, 0.25) is 5.02 Å². The van der Waals surface area contributed by atoms with Crippen LogP contribution in [-0.4, -0.2) is 139 Å². The zero-order valence-corrected chi connectivity index (χ0v) is 33.5. The number of aromatic hydroxyl groups is 2. The first-order valence-electron chi connectivity index (χ1n) is 17.7. The van der Waals surface area contributed by atoms with Gasteiger partial charge in [0.25, 0.3) is 17.7 Å². The number of thiazole rings is 1. The minimum atomic E-state index is -1.76. The van der Waals surface area contributed by atoms with E-state index < -0.39 is 52.2 Å². The first kappa shape index (κ1) is 41.2. The van der Waals surface area contributed by atoms with Crippen molar-refractivity contribution >= 4 is 74.9 Å². The van der Waals surface area contributed by atoms with Crippen LogP contribution in [0.4, 0.5) is 5.13 Å². The van der Waals surface area contributed by atoms with Gasteiger partial charge in [0, 0.05) is 60.0 Å². The fourth-order valence-electron chi connectivity index (χ4n) is 7.59. The Morgan fingerprint density at radius 1 is 1.16 bits per heavy atom. The lowest BCUT2D eigenvalue weighted by atomic mass is 9.70. The van der Waals surface area contributed by atoms with Gasteiger partial charge in [0.15, 0.2) is 22.3 Å². The Bertz CT molecular complexity index is 1990. The lowest BCUT2D eigenvalue weighted by Gasteiger charge is -2.57. The van der Waals surface area contributed by atoms with Crippen LogP contribution in [0.25, 0.3) is 0 Å². The number of hydrogen-bond donors (Lipinski definition) is 7. The van der Waals surface area contributed by atoms with E-state index in [1.54, 1.807) is 4.90 Å². The molecule has 5 aliphatic heterocycles.